The number of ether oxygens (including phenoxy) is 1. The lowest BCUT2D eigenvalue weighted by molar-refractivity contribution is 0.375. The maximum absolute atomic E-state index is 8.34. The molecule has 1 heterocycles. The fraction of sp³-hybridized carbons (Fsp3) is 0.316. The van der Waals surface area contributed by atoms with Gasteiger partial charge in [-0.05, 0) is 42.8 Å². The molecule has 6 heteroatoms. The molecule has 0 radical (unpaired) electrons. The summed E-state index contributed by atoms with van der Waals surface area (Å²) in [7, 11) is 1.70. The lowest BCUT2D eigenvalue weighted by Gasteiger charge is -2.37. The van der Waals surface area contributed by atoms with Crippen molar-refractivity contribution < 1.29 is 4.74 Å². The minimum Gasteiger partial charge on any atom is -0.495 e. The monoisotopic (exact) mass is 358 g/mol. The van der Waals surface area contributed by atoms with Gasteiger partial charge >= 0.3 is 0 Å². The summed E-state index contributed by atoms with van der Waals surface area (Å²) in [4.78, 5) is 4.34. The summed E-state index contributed by atoms with van der Waals surface area (Å²) < 4.78 is 5.45. The second-order valence-corrected chi connectivity index (χ2v) is 6.57. The van der Waals surface area contributed by atoms with Crippen molar-refractivity contribution in [1.29, 1.82) is 5.41 Å². The van der Waals surface area contributed by atoms with E-state index in [1.54, 1.807) is 7.11 Å². The Morgan fingerprint density at radius 1 is 1.12 bits per heavy atom. The number of para-hydroxylation sites is 2. The highest BCUT2D eigenvalue weighted by Crippen LogP contribution is 2.28. The van der Waals surface area contributed by atoms with E-state index in [1.807, 2.05) is 48.2 Å². The molecule has 0 amide bonds. The number of rotatable bonds is 3. The van der Waals surface area contributed by atoms with Gasteiger partial charge < -0.3 is 19.9 Å². The van der Waals surface area contributed by atoms with Gasteiger partial charge in [-0.1, -0.05) is 23.7 Å². The molecule has 0 aromatic heterocycles. The summed E-state index contributed by atoms with van der Waals surface area (Å²) in [5.74, 6) is 1.29. The zero-order valence-electron chi connectivity index (χ0n) is 14.6. The fourth-order valence-electron chi connectivity index (χ4n) is 3.09. The lowest BCUT2D eigenvalue weighted by atomic mass is 10.2. The van der Waals surface area contributed by atoms with Crippen LogP contribution in [-0.4, -0.2) is 44.1 Å². The molecule has 5 nitrogen and oxygen atoms in total. The summed E-state index contributed by atoms with van der Waals surface area (Å²) in [6.45, 7) is 5.25. The van der Waals surface area contributed by atoms with Crippen LogP contribution in [0.15, 0.2) is 42.5 Å². The van der Waals surface area contributed by atoms with Gasteiger partial charge in [0.05, 0.1) is 12.8 Å². The smallest absolute Gasteiger partial charge is 0.195 e. The standard InChI is InChI=1S/C19H23ClN4O/c1-14-11-15(20)13-16(12-14)22-19(21)24-9-7-23(8-10-24)17-5-3-4-6-18(17)25-2/h3-6,11-13H,7-10H2,1-2H3,(H2,21,22). The van der Waals surface area contributed by atoms with E-state index in [0.29, 0.717) is 11.0 Å². The number of piperazine rings is 1. The Morgan fingerprint density at radius 2 is 1.84 bits per heavy atom. The molecule has 1 saturated heterocycles. The van der Waals surface area contributed by atoms with Gasteiger partial charge in [0.2, 0.25) is 0 Å². The Morgan fingerprint density at radius 3 is 2.52 bits per heavy atom. The predicted octanol–water partition coefficient (Wildman–Crippen LogP) is 3.83. The molecule has 0 unspecified atom stereocenters. The van der Waals surface area contributed by atoms with Gasteiger partial charge in [0.15, 0.2) is 5.96 Å². The van der Waals surface area contributed by atoms with E-state index in [1.165, 1.54) is 0 Å². The maximum atomic E-state index is 8.34. The third-order valence-electron chi connectivity index (χ3n) is 4.33. The minimum atomic E-state index is 0.404. The molecule has 132 valence electrons. The van der Waals surface area contributed by atoms with Crippen LogP contribution in [-0.2, 0) is 0 Å². The Bertz CT molecular complexity index is 737. The highest BCUT2D eigenvalue weighted by molar-refractivity contribution is 6.31. The summed E-state index contributed by atoms with van der Waals surface area (Å²) in [5.41, 5.74) is 3.03. The number of hydrogen-bond donors (Lipinski definition) is 2. The van der Waals surface area contributed by atoms with Crippen LogP contribution in [0.5, 0.6) is 5.75 Å². The molecule has 2 aromatic carbocycles. The van der Waals surface area contributed by atoms with Crippen LogP contribution >= 0.6 is 11.6 Å². The Kier molecular flexibility index (Phi) is 5.34. The van der Waals surface area contributed by atoms with Crippen LogP contribution in [0.3, 0.4) is 0 Å². The lowest BCUT2D eigenvalue weighted by Crippen LogP contribution is -2.50. The predicted molar refractivity (Wildman–Crippen MR) is 104 cm³/mol. The molecule has 0 atom stereocenters. The molecule has 25 heavy (non-hydrogen) atoms. The maximum Gasteiger partial charge on any atom is 0.195 e. The van der Waals surface area contributed by atoms with Crippen molar-refractivity contribution in [2.75, 3.05) is 43.5 Å². The van der Waals surface area contributed by atoms with Gasteiger partial charge in [0.1, 0.15) is 5.75 Å². The number of methoxy groups -OCH3 is 1. The third kappa shape index (κ3) is 4.17. The van der Waals surface area contributed by atoms with E-state index < -0.39 is 0 Å². The summed E-state index contributed by atoms with van der Waals surface area (Å²) in [5, 5.41) is 12.2. The number of nitrogens with zero attached hydrogens (tertiary/aromatic N) is 2. The average molecular weight is 359 g/mol. The van der Waals surface area contributed by atoms with Crippen LogP contribution in [0.4, 0.5) is 11.4 Å². The molecule has 1 aliphatic rings. The molecule has 0 spiro atoms. The molecule has 0 saturated carbocycles. The van der Waals surface area contributed by atoms with E-state index in [2.05, 4.69) is 16.3 Å². The zero-order valence-corrected chi connectivity index (χ0v) is 15.3. The van der Waals surface area contributed by atoms with E-state index in [9.17, 15) is 0 Å². The Hall–Kier alpha value is -2.40. The molecule has 1 fully saturated rings. The van der Waals surface area contributed by atoms with Crippen LogP contribution in [0.25, 0.3) is 0 Å². The Labute approximate surface area is 153 Å². The Balaban J connectivity index is 1.61. The second kappa shape index (κ2) is 7.66. The third-order valence-corrected chi connectivity index (χ3v) is 4.54. The first-order valence-corrected chi connectivity index (χ1v) is 8.70. The summed E-state index contributed by atoms with van der Waals surface area (Å²) in [6.07, 6.45) is 0. The molecule has 0 aliphatic carbocycles. The first-order chi connectivity index (χ1) is 12.1. The summed E-state index contributed by atoms with van der Waals surface area (Å²) >= 11 is 6.09. The van der Waals surface area contributed by atoms with Gasteiger partial charge in [-0.25, -0.2) is 0 Å². The number of anilines is 2. The van der Waals surface area contributed by atoms with Crippen LogP contribution in [0.2, 0.25) is 5.02 Å². The first-order valence-electron chi connectivity index (χ1n) is 8.32. The molecule has 1 aliphatic heterocycles. The highest BCUT2D eigenvalue weighted by atomic mass is 35.5. The van der Waals surface area contributed by atoms with Gasteiger partial charge in [-0.3, -0.25) is 5.41 Å². The van der Waals surface area contributed by atoms with Gasteiger partial charge in [-0.15, -0.1) is 0 Å². The molecular weight excluding hydrogens is 336 g/mol. The normalized spacial score (nSPS) is 14.4. The molecule has 3 rings (SSSR count). The quantitative estimate of drug-likeness (QED) is 0.646. The number of aryl methyl sites for hydroxylation is 1. The van der Waals surface area contributed by atoms with Crippen molar-refractivity contribution >= 4 is 28.9 Å². The highest BCUT2D eigenvalue weighted by Gasteiger charge is 2.21. The van der Waals surface area contributed by atoms with Crippen LogP contribution in [0, 0.1) is 12.3 Å². The molecule has 2 N–H and O–H groups in total. The number of halogens is 1. The SMILES string of the molecule is COc1ccccc1N1CCN(C(=N)Nc2cc(C)cc(Cl)c2)CC1. The number of hydrogen-bond acceptors (Lipinski definition) is 3. The van der Waals surface area contributed by atoms with Crippen LogP contribution in [0.1, 0.15) is 5.56 Å². The van der Waals surface area contributed by atoms with Crippen LogP contribution < -0.4 is 15.0 Å². The average Bonchev–Trinajstić information content (AvgIpc) is 2.61. The van der Waals surface area contributed by atoms with E-state index in [4.69, 9.17) is 21.7 Å². The van der Waals surface area contributed by atoms with E-state index in [0.717, 1.165) is 48.9 Å². The van der Waals surface area contributed by atoms with Crippen molar-refractivity contribution in [2.24, 2.45) is 0 Å². The fourth-order valence-corrected chi connectivity index (χ4v) is 3.38. The summed E-state index contributed by atoms with van der Waals surface area (Å²) in [6, 6.07) is 13.8. The first kappa shape index (κ1) is 17.4. The topological polar surface area (TPSA) is 51.6 Å². The molecule has 0 bridgehead atoms. The van der Waals surface area contributed by atoms with Crippen molar-refractivity contribution in [3.8, 4) is 5.75 Å². The van der Waals surface area contributed by atoms with Crippen molar-refractivity contribution in [3.63, 3.8) is 0 Å². The zero-order chi connectivity index (χ0) is 17.8. The molecular formula is C19H23ClN4O. The van der Waals surface area contributed by atoms with Crippen molar-refractivity contribution in [2.45, 2.75) is 6.92 Å². The van der Waals surface area contributed by atoms with Crippen molar-refractivity contribution in [3.05, 3.63) is 53.1 Å². The van der Waals surface area contributed by atoms with Gasteiger partial charge in [0, 0.05) is 36.9 Å². The largest absolute Gasteiger partial charge is 0.495 e. The minimum absolute atomic E-state index is 0.404. The number of nitrogens with one attached hydrogen (secondary N) is 2. The number of guanidine groups is 1. The van der Waals surface area contributed by atoms with E-state index >= 15 is 0 Å². The van der Waals surface area contributed by atoms with Gasteiger partial charge in [0.25, 0.3) is 0 Å². The molecule has 2 aromatic rings. The second-order valence-electron chi connectivity index (χ2n) is 6.14. The van der Waals surface area contributed by atoms with Gasteiger partial charge in [-0.2, -0.15) is 0 Å². The van der Waals surface area contributed by atoms with E-state index in [-0.39, 0.29) is 0 Å². The number of benzene rings is 2. The van der Waals surface area contributed by atoms with Crippen molar-refractivity contribution in [1.82, 2.24) is 4.90 Å².